The molecule has 122 valence electrons. The third-order valence-corrected chi connectivity index (χ3v) is 3.98. The number of allylic oxidation sites excluding steroid dienone is 1. The summed E-state index contributed by atoms with van der Waals surface area (Å²) in [6.45, 7) is 1.74. The minimum atomic E-state index is -0.526. The zero-order chi connectivity index (χ0) is 17.1. The maximum atomic E-state index is 13.0. The molecule has 0 unspecified atom stereocenters. The first-order chi connectivity index (χ1) is 11.6. The summed E-state index contributed by atoms with van der Waals surface area (Å²) >= 11 is 0. The summed E-state index contributed by atoms with van der Waals surface area (Å²) in [6, 6.07) is 15.5. The largest absolute Gasteiger partial charge is 0.497 e. The van der Waals surface area contributed by atoms with Crippen LogP contribution in [0.4, 0.5) is 4.79 Å². The summed E-state index contributed by atoms with van der Waals surface area (Å²) < 4.78 is 5.25. The van der Waals surface area contributed by atoms with Gasteiger partial charge < -0.3 is 15.4 Å². The van der Waals surface area contributed by atoms with Gasteiger partial charge in [-0.05, 0) is 24.6 Å². The second kappa shape index (κ2) is 6.58. The van der Waals surface area contributed by atoms with Crippen molar-refractivity contribution >= 4 is 11.8 Å². The number of carbonyl (C=O) groups excluding carboxylic acids is 2. The Hall–Kier alpha value is -3.08. The van der Waals surface area contributed by atoms with Gasteiger partial charge in [0, 0.05) is 16.8 Å². The number of ether oxygens (including phenoxy) is 1. The number of benzene rings is 2. The van der Waals surface area contributed by atoms with Crippen LogP contribution in [0, 0.1) is 0 Å². The maximum absolute atomic E-state index is 13.0. The Labute approximate surface area is 140 Å². The molecule has 1 aliphatic heterocycles. The van der Waals surface area contributed by atoms with Crippen LogP contribution in [0.25, 0.3) is 0 Å². The van der Waals surface area contributed by atoms with E-state index in [1.807, 2.05) is 42.5 Å². The summed E-state index contributed by atoms with van der Waals surface area (Å²) in [6.07, 6.45) is 0. The molecular weight excluding hydrogens is 304 g/mol. The van der Waals surface area contributed by atoms with E-state index in [1.54, 1.807) is 26.2 Å². The number of urea groups is 1. The number of Topliss-reactive ketones (excluding diaryl/α,β-unsaturated/α-hetero) is 1. The van der Waals surface area contributed by atoms with Gasteiger partial charge in [0.15, 0.2) is 5.78 Å². The van der Waals surface area contributed by atoms with Crippen molar-refractivity contribution in [1.82, 2.24) is 10.6 Å². The van der Waals surface area contributed by atoms with Gasteiger partial charge in [-0.15, -0.1) is 0 Å². The van der Waals surface area contributed by atoms with Crippen LogP contribution in [0.1, 0.15) is 28.9 Å². The number of amides is 2. The molecule has 0 spiro atoms. The molecular formula is C19H18N2O3. The molecule has 0 saturated carbocycles. The van der Waals surface area contributed by atoms with Crippen molar-refractivity contribution < 1.29 is 14.3 Å². The standard InChI is InChI=1S/C19H18N2O3/c1-12-16(18(22)13-7-4-3-5-8-13)17(21-19(23)20-12)14-9-6-10-15(11-14)24-2/h3-11,17H,1-2H3,(H2,20,21,23)/t17-/m1/s1. The molecule has 2 N–H and O–H groups in total. The molecule has 1 aliphatic rings. The van der Waals surface area contributed by atoms with E-state index >= 15 is 0 Å². The lowest BCUT2D eigenvalue weighted by molar-refractivity contribution is 0.102. The van der Waals surface area contributed by atoms with Crippen LogP contribution >= 0.6 is 0 Å². The number of carbonyl (C=O) groups is 2. The van der Waals surface area contributed by atoms with Crippen LogP contribution in [-0.4, -0.2) is 18.9 Å². The van der Waals surface area contributed by atoms with Gasteiger partial charge >= 0.3 is 6.03 Å². The molecule has 2 aromatic rings. The molecule has 5 nitrogen and oxygen atoms in total. The molecule has 0 radical (unpaired) electrons. The highest BCUT2D eigenvalue weighted by molar-refractivity contribution is 6.11. The van der Waals surface area contributed by atoms with Crippen molar-refractivity contribution in [3.8, 4) is 5.75 Å². The van der Waals surface area contributed by atoms with E-state index in [2.05, 4.69) is 10.6 Å². The fourth-order valence-electron chi connectivity index (χ4n) is 2.81. The maximum Gasteiger partial charge on any atom is 0.319 e. The van der Waals surface area contributed by atoms with Crippen LogP contribution in [0.15, 0.2) is 65.9 Å². The molecule has 0 fully saturated rings. The summed E-state index contributed by atoms with van der Waals surface area (Å²) in [7, 11) is 1.58. The highest BCUT2D eigenvalue weighted by Crippen LogP contribution is 2.31. The van der Waals surface area contributed by atoms with Gasteiger partial charge in [0.05, 0.1) is 13.2 Å². The third-order valence-electron chi connectivity index (χ3n) is 3.98. The number of ketones is 1. The Morgan fingerprint density at radius 3 is 2.54 bits per heavy atom. The second-order valence-electron chi connectivity index (χ2n) is 5.54. The van der Waals surface area contributed by atoms with E-state index in [0.29, 0.717) is 22.6 Å². The van der Waals surface area contributed by atoms with Gasteiger partial charge in [-0.25, -0.2) is 4.79 Å². The summed E-state index contributed by atoms with van der Waals surface area (Å²) in [5.41, 5.74) is 2.45. The third kappa shape index (κ3) is 3.01. The summed E-state index contributed by atoms with van der Waals surface area (Å²) in [4.78, 5) is 24.9. The van der Waals surface area contributed by atoms with Gasteiger partial charge in [0.2, 0.25) is 0 Å². The lowest BCUT2D eigenvalue weighted by atomic mass is 9.89. The Balaban J connectivity index is 2.07. The van der Waals surface area contributed by atoms with Gasteiger partial charge in [-0.1, -0.05) is 42.5 Å². The molecule has 24 heavy (non-hydrogen) atoms. The molecule has 0 aromatic heterocycles. The molecule has 0 aliphatic carbocycles. The summed E-state index contributed by atoms with van der Waals surface area (Å²) in [5, 5.41) is 5.52. The Bertz CT molecular complexity index is 812. The van der Waals surface area contributed by atoms with E-state index in [1.165, 1.54) is 0 Å². The van der Waals surface area contributed by atoms with Crippen LogP contribution in [0.3, 0.4) is 0 Å². The fourth-order valence-corrected chi connectivity index (χ4v) is 2.81. The SMILES string of the molecule is COc1cccc([C@H]2NC(=O)NC(C)=C2C(=O)c2ccccc2)c1. The van der Waals surface area contributed by atoms with Crippen LogP contribution < -0.4 is 15.4 Å². The average molecular weight is 322 g/mol. The van der Waals surface area contributed by atoms with Crippen LogP contribution in [-0.2, 0) is 0 Å². The Morgan fingerprint density at radius 2 is 1.83 bits per heavy atom. The summed E-state index contributed by atoms with van der Waals surface area (Å²) in [5.74, 6) is 0.554. The predicted molar refractivity (Wildman–Crippen MR) is 90.9 cm³/mol. The monoisotopic (exact) mass is 322 g/mol. The average Bonchev–Trinajstić information content (AvgIpc) is 2.61. The van der Waals surface area contributed by atoms with Crippen molar-refractivity contribution in [3.05, 3.63) is 77.0 Å². The molecule has 2 aromatic carbocycles. The molecule has 0 saturated heterocycles. The van der Waals surface area contributed by atoms with Crippen molar-refractivity contribution in [2.45, 2.75) is 13.0 Å². The lowest BCUT2D eigenvalue weighted by Crippen LogP contribution is -2.45. The van der Waals surface area contributed by atoms with Crippen molar-refractivity contribution in [2.24, 2.45) is 0 Å². The number of hydrogen-bond donors (Lipinski definition) is 2. The van der Waals surface area contributed by atoms with E-state index in [-0.39, 0.29) is 11.8 Å². The van der Waals surface area contributed by atoms with Crippen LogP contribution in [0.2, 0.25) is 0 Å². The number of rotatable bonds is 4. The Kier molecular flexibility index (Phi) is 4.33. The van der Waals surface area contributed by atoms with Crippen LogP contribution in [0.5, 0.6) is 5.75 Å². The minimum absolute atomic E-state index is 0.117. The molecule has 5 heteroatoms. The van der Waals surface area contributed by atoms with E-state index < -0.39 is 6.04 Å². The number of hydrogen-bond acceptors (Lipinski definition) is 3. The number of methoxy groups -OCH3 is 1. The Morgan fingerprint density at radius 1 is 1.08 bits per heavy atom. The fraction of sp³-hybridized carbons (Fsp3) is 0.158. The number of nitrogens with one attached hydrogen (secondary N) is 2. The second-order valence-corrected chi connectivity index (χ2v) is 5.54. The van der Waals surface area contributed by atoms with E-state index in [9.17, 15) is 9.59 Å². The van der Waals surface area contributed by atoms with E-state index in [4.69, 9.17) is 4.74 Å². The van der Waals surface area contributed by atoms with Crippen molar-refractivity contribution in [1.29, 1.82) is 0 Å². The molecule has 0 bridgehead atoms. The van der Waals surface area contributed by atoms with Gasteiger partial charge in [-0.3, -0.25) is 4.79 Å². The molecule has 1 atom stereocenters. The van der Waals surface area contributed by atoms with Crippen molar-refractivity contribution in [2.75, 3.05) is 7.11 Å². The van der Waals surface area contributed by atoms with Gasteiger partial charge in [0.25, 0.3) is 0 Å². The van der Waals surface area contributed by atoms with Gasteiger partial charge in [0.1, 0.15) is 5.75 Å². The van der Waals surface area contributed by atoms with Gasteiger partial charge in [-0.2, -0.15) is 0 Å². The zero-order valence-electron chi connectivity index (χ0n) is 13.5. The predicted octanol–water partition coefficient (Wildman–Crippen LogP) is 3.21. The molecule has 2 amide bonds. The molecule has 1 heterocycles. The first kappa shape index (κ1) is 15.8. The lowest BCUT2D eigenvalue weighted by Gasteiger charge is -2.28. The quantitative estimate of drug-likeness (QED) is 0.849. The van der Waals surface area contributed by atoms with E-state index in [0.717, 1.165) is 5.56 Å². The normalized spacial score (nSPS) is 17.1. The first-order valence-electron chi connectivity index (χ1n) is 7.62. The molecule has 3 rings (SSSR count). The minimum Gasteiger partial charge on any atom is -0.497 e. The highest BCUT2D eigenvalue weighted by Gasteiger charge is 2.31. The van der Waals surface area contributed by atoms with Crippen molar-refractivity contribution in [3.63, 3.8) is 0 Å². The first-order valence-corrected chi connectivity index (χ1v) is 7.62. The topological polar surface area (TPSA) is 67.4 Å². The highest BCUT2D eigenvalue weighted by atomic mass is 16.5. The smallest absolute Gasteiger partial charge is 0.319 e. The zero-order valence-corrected chi connectivity index (χ0v) is 13.5.